The fourth-order valence-corrected chi connectivity index (χ4v) is 3.89. The second-order valence-electron chi connectivity index (χ2n) is 4.19. The van der Waals surface area contributed by atoms with Crippen molar-refractivity contribution in [1.29, 1.82) is 0 Å². The highest BCUT2D eigenvalue weighted by atomic mass is 35.5. The number of rotatable bonds is 4. The van der Waals surface area contributed by atoms with E-state index in [-0.39, 0.29) is 11.8 Å². The SMILES string of the molecule is NS(=O)(=O)CCNC1CCCc2sc(Cl)cc21. The highest BCUT2D eigenvalue weighted by Crippen LogP contribution is 2.37. The first kappa shape index (κ1) is 13.3. The zero-order valence-corrected chi connectivity index (χ0v) is 11.7. The van der Waals surface area contributed by atoms with Gasteiger partial charge in [-0.1, -0.05) is 11.6 Å². The highest BCUT2D eigenvalue weighted by molar-refractivity contribution is 7.89. The molecule has 0 amide bonds. The second kappa shape index (κ2) is 5.24. The predicted octanol–water partition coefficient (Wildman–Crippen LogP) is 1.66. The molecule has 0 fully saturated rings. The molecule has 1 aliphatic carbocycles. The van der Waals surface area contributed by atoms with Crippen LogP contribution in [0.2, 0.25) is 4.34 Å². The summed E-state index contributed by atoms with van der Waals surface area (Å²) >= 11 is 7.61. The van der Waals surface area contributed by atoms with Crippen molar-refractivity contribution < 1.29 is 8.42 Å². The Morgan fingerprint density at radius 1 is 1.59 bits per heavy atom. The summed E-state index contributed by atoms with van der Waals surface area (Å²) < 4.78 is 22.5. The third-order valence-corrected chi connectivity index (χ3v) is 4.97. The first-order valence-electron chi connectivity index (χ1n) is 5.47. The summed E-state index contributed by atoms with van der Waals surface area (Å²) in [6, 6.07) is 2.19. The zero-order chi connectivity index (χ0) is 12.5. The van der Waals surface area contributed by atoms with Crippen LogP contribution < -0.4 is 10.5 Å². The van der Waals surface area contributed by atoms with E-state index in [4.69, 9.17) is 16.7 Å². The van der Waals surface area contributed by atoms with Gasteiger partial charge in [0.1, 0.15) is 0 Å². The minimum absolute atomic E-state index is 0.0310. The summed E-state index contributed by atoms with van der Waals surface area (Å²) in [6.07, 6.45) is 3.20. The smallest absolute Gasteiger partial charge is 0.210 e. The van der Waals surface area contributed by atoms with Crippen molar-refractivity contribution in [3.63, 3.8) is 0 Å². The summed E-state index contributed by atoms with van der Waals surface area (Å²) in [5.74, 6) is -0.0310. The van der Waals surface area contributed by atoms with Crippen molar-refractivity contribution in [2.45, 2.75) is 25.3 Å². The van der Waals surface area contributed by atoms with Crippen LogP contribution in [0.5, 0.6) is 0 Å². The molecule has 96 valence electrons. The summed E-state index contributed by atoms with van der Waals surface area (Å²) in [6.45, 7) is 0.385. The molecule has 1 aliphatic rings. The molecule has 1 aromatic rings. The van der Waals surface area contributed by atoms with Crippen molar-refractivity contribution in [1.82, 2.24) is 5.32 Å². The van der Waals surface area contributed by atoms with E-state index in [2.05, 4.69) is 5.32 Å². The van der Waals surface area contributed by atoms with E-state index < -0.39 is 10.0 Å². The molecule has 1 aromatic heterocycles. The molecule has 0 radical (unpaired) electrons. The van der Waals surface area contributed by atoms with Gasteiger partial charge in [-0.3, -0.25) is 0 Å². The lowest BCUT2D eigenvalue weighted by atomic mass is 9.94. The quantitative estimate of drug-likeness (QED) is 0.887. The molecule has 0 aliphatic heterocycles. The number of hydrogen-bond donors (Lipinski definition) is 2. The van der Waals surface area contributed by atoms with E-state index in [9.17, 15) is 8.42 Å². The maximum Gasteiger partial charge on any atom is 0.210 e. The maximum atomic E-state index is 10.8. The fraction of sp³-hybridized carbons (Fsp3) is 0.600. The molecule has 2 rings (SSSR count). The van der Waals surface area contributed by atoms with Gasteiger partial charge in [0.15, 0.2) is 0 Å². The van der Waals surface area contributed by atoms with Gasteiger partial charge >= 0.3 is 0 Å². The number of primary sulfonamides is 1. The van der Waals surface area contributed by atoms with Gasteiger partial charge in [-0.25, -0.2) is 13.6 Å². The number of sulfonamides is 1. The second-order valence-corrected chi connectivity index (χ2v) is 7.70. The van der Waals surface area contributed by atoms with Crippen LogP contribution in [-0.2, 0) is 16.4 Å². The molecule has 0 saturated heterocycles. The van der Waals surface area contributed by atoms with Crippen LogP contribution >= 0.6 is 22.9 Å². The molecule has 17 heavy (non-hydrogen) atoms. The van der Waals surface area contributed by atoms with Crippen molar-refractivity contribution in [2.75, 3.05) is 12.3 Å². The average Bonchev–Trinajstić information content (AvgIpc) is 2.57. The van der Waals surface area contributed by atoms with Gasteiger partial charge in [-0.2, -0.15) is 0 Å². The molecule has 1 unspecified atom stereocenters. The summed E-state index contributed by atoms with van der Waals surface area (Å²) in [5.41, 5.74) is 1.22. The van der Waals surface area contributed by atoms with Crippen LogP contribution in [0.1, 0.15) is 29.3 Å². The van der Waals surface area contributed by atoms with E-state index in [1.165, 1.54) is 10.4 Å². The lowest BCUT2D eigenvalue weighted by molar-refractivity contribution is 0.475. The Bertz CT molecular complexity index is 498. The van der Waals surface area contributed by atoms with Crippen LogP contribution in [0.4, 0.5) is 0 Å². The van der Waals surface area contributed by atoms with Crippen LogP contribution in [0.15, 0.2) is 6.07 Å². The Kier molecular flexibility index (Phi) is 4.10. The molecule has 0 aromatic carbocycles. The van der Waals surface area contributed by atoms with Gasteiger partial charge in [-0.15, -0.1) is 11.3 Å². The minimum Gasteiger partial charge on any atom is -0.309 e. The number of halogens is 1. The zero-order valence-electron chi connectivity index (χ0n) is 9.28. The molecule has 7 heteroatoms. The van der Waals surface area contributed by atoms with Gasteiger partial charge in [0.25, 0.3) is 0 Å². The average molecular weight is 295 g/mol. The van der Waals surface area contributed by atoms with Gasteiger partial charge in [-0.05, 0) is 30.9 Å². The monoisotopic (exact) mass is 294 g/mol. The van der Waals surface area contributed by atoms with Crippen molar-refractivity contribution in [2.24, 2.45) is 5.14 Å². The van der Waals surface area contributed by atoms with Gasteiger partial charge < -0.3 is 5.32 Å². The summed E-state index contributed by atoms with van der Waals surface area (Å²) in [7, 11) is -3.38. The Hall–Kier alpha value is -0.140. The molecule has 4 nitrogen and oxygen atoms in total. The van der Waals surface area contributed by atoms with E-state index in [0.717, 1.165) is 23.6 Å². The van der Waals surface area contributed by atoms with Crippen molar-refractivity contribution >= 4 is 33.0 Å². The van der Waals surface area contributed by atoms with Gasteiger partial charge in [0.05, 0.1) is 10.1 Å². The number of nitrogens with one attached hydrogen (secondary N) is 1. The van der Waals surface area contributed by atoms with E-state index in [0.29, 0.717) is 6.54 Å². The number of aryl methyl sites for hydroxylation is 1. The third-order valence-electron chi connectivity index (χ3n) is 2.86. The standard InChI is InChI=1S/C10H15ClN2O2S2/c11-10-6-7-8(2-1-3-9(7)16-10)13-4-5-17(12,14)15/h6,8,13H,1-5H2,(H2,12,14,15). The van der Waals surface area contributed by atoms with Gasteiger partial charge in [0, 0.05) is 17.5 Å². The van der Waals surface area contributed by atoms with Gasteiger partial charge in [0.2, 0.25) is 10.0 Å². The van der Waals surface area contributed by atoms with E-state index in [1.54, 1.807) is 11.3 Å². The topological polar surface area (TPSA) is 72.2 Å². The summed E-state index contributed by atoms with van der Waals surface area (Å²) in [4.78, 5) is 1.31. The van der Waals surface area contributed by atoms with Crippen LogP contribution in [0, 0.1) is 0 Å². The molecule has 3 N–H and O–H groups in total. The molecule has 1 heterocycles. The number of fused-ring (bicyclic) bond motifs is 1. The van der Waals surface area contributed by atoms with Crippen LogP contribution in [0.3, 0.4) is 0 Å². The Labute approximate surface area is 110 Å². The lowest BCUT2D eigenvalue weighted by Gasteiger charge is -2.23. The van der Waals surface area contributed by atoms with E-state index >= 15 is 0 Å². The van der Waals surface area contributed by atoms with Crippen LogP contribution in [-0.4, -0.2) is 20.7 Å². The first-order chi connectivity index (χ1) is 7.96. The molecular weight excluding hydrogens is 280 g/mol. The van der Waals surface area contributed by atoms with Crippen molar-refractivity contribution in [3.05, 3.63) is 20.8 Å². The normalized spacial score (nSPS) is 20.2. The molecule has 0 bridgehead atoms. The third kappa shape index (κ3) is 3.66. The largest absolute Gasteiger partial charge is 0.309 e. The number of hydrogen-bond acceptors (Lipinski definition) is 4. The molecule has 0 saturated carbocycles. The minimum atomic E-state index is -3.38. The van der Waals surface area contributed by atoms with Crippen LogP contribution in [0.25, 0.3) is 0 Å². The lowest BCUT2D eigenvalue weighted by Crippen LogP contribution is -2.31. The first-order valence-corrected chi connectivity index (χ1v) is 8.38. The Morgan fingerprint density at radius 3 is 3.06 bits per heavy atom. The van der Waals surface area contributed by atoms with E-state index in [1.807, 2.05) is 6.07 Å². The van der Waals surface area contributed by atoms with Crippen molar-refractivity contribution in [3.8, 4) is 0 Å². The number of thiophene rings is 1. The summed E-state index contributed by atoms with van der Waals surface area (Å²) in [5, 5.41) is 8.20. The molecular formula is C10H15ClN2O2S2. The molecule has 1 atom stereocenters. The highest BCUT2D eigenvalue weighted by Gasteiger charge is 2.22. The maximum absolute atomic E-state index is 10.8. The molecule has 0 spiro atoms. The fourth-order valence-electron chi connectivity index (χ4n) is 2.11. The Balaban J connectivity index is 1.99. The number of nitrogens with two attached hydrogens (primary N) is 1. The predicted molar refractivity (Wildman–Crippen MR) is 71.0 cm³/mol. The Morgan fingerprint density at radius 2 is 2.35 bits per heavy atom.